The number of fused-ring (bicyclic) bond motifs is 2. The Morgan fingerprint density at radius 3 is 1.25 bits per heavy atom. The minimum atomic E-state index is 0.774. The topological polar surface area (TPSA) is 54.1 Å². The smallest absolute Gasteiger partial charge is 0.145 e. The van der Waals surface area contributed by atoms with Gasteiger partial charge in [-0.25, -0.2) is 9.97 Å². The molecule has 0 aliphatic carbocycles. The molecule has 0 saturated carbocycles. The maximum atomic E-state index is 6.26. The summed E-state index contributed by atoms with van der Waals surface area (Å²) in [5, 5.41) is 0. The van der Waals surface area contributed by atoms with Crippen molar-refractivity contribution in [3.63, 3.8) is 0 Å². The van der Waals surface area contributed by atoms with Crippen LogP contribution in [0.25, 0.3) is 67.3 Å². The lowest BCUT2D eigenvalue weighted by Crippen LogP contribution is -1.98. The molecule has 8 aromatic carbocycles. The lowest BCUT2D eigenvalue weighted by molar-refractivity contribution is 0.415. The van der Waals surface area contributed by atoms with E-state index in [9.17, 15) is 0 Å². The van der Waals surface area contributed by atoms with Gasteiger partial charge in [-0.2, -0.15) is 0 Å². The van der Waals surface area contributed by atoms with Crippen LogP contribution in [0.1, 0.15) is 16.7 Å². The number of ether oxygens (including phenoxy) is 2. The number of hydrogen-bond acceptors (Lipinski definition) is 4. The Balaban J connectivity index is 0.900. The summed E-state index contributed by atoms with van der Waals surface area (Å²) in [7, 11) is 1.68. The number of rotatable bonds is 10. The van der Waals surface area contributed by atoms with Crippen LogP contribution in [0.3, 0.4) is 0 Å². The van der Waals surface area contributed by atoms with Crippen molar-refractivity contribution in [2.24, 2.45) is 0 Å². The van der Waals surface area contributed by atoms with E-state index in [-0.39, 0.29) is 0 Å². The Bertz CT molecular complexity index is 3040. The Morgan fingerprint density at radius 1 is 0.407 bits per heavy atom. The van der Waals surface area contributed by atoms with Gasteiger partial charge in [-0.1, -0.05) is 90.5 Å². The largest absolute Gasteiger partial charge is 0.497 e. The average molecular weight is 765 g/mol. The first-order valence-electron chi connectivity index (χ1n) is 19.8. The molecule has 0 spiro atoms. The molecule has 6 heteroatoms. The highest BCUT2D eigenvalue weighted by Crippen LogP contribution is 2.34. The fourth-order valence-electron chi connectivity index (χ4n) is 7.73. The fraction of sp³-hybridized carbons (Fsp3) is 0.0566. The van der Waals surface area contributed by atoms with E-state index < -0.39 is 0 Å². The normalized spacial score (nSPS) is 11.3. The van der Waals surface area contributed by atoms with E-state index in [4.69, 9.17) is 19.4 Å². The van der Waals surface area contributed by atoms with Crippen molar-refractivity contribution in [1.82, 2.24) is 19.1 Å². The predicted molar refractivity (Wildman–Crippen MR) is 239 cm³/mol. The molecule has 0 amide bonds. The summed E-state index contributed by atoms with van der Waals surface area (Å²) in [5.41, 5.74) is 14.2. The number of hydrogen-bond donors (Lipinski definition) is 0. The number of imidazole rings is 2. The molecule has 0 unspecified atom stereocenters. The molecular weight excluding hydrogens is 725 g/mol. The molecular formula is C53H40N4O2. The molecule has 2 heterocycles. The molecule has 0 fully saturated rings. The summed E-state index contributed by atoms with van der Waals surface area (Å²) in [4.78, 5) is 10.1. The molecule has 0 atom stereocenters. The van der Waals surface area contributed by atoms with E-state index in [0.717, 1.165) is 91.0 Å². The minimum Gasteiger partial charge on any atom is -0.497 e. The van der Waals surface area contributed by atoms with Crippen LogP contribution in [-0.2, 0) is 6.42 Å². The maximum absolute atomic E-state index is 6.26. The number of nitrogens with zero attached hydrogens (tertiary/aromatic N) is 4. The summed E-state index contributed by atoms with van der Waals surface area (Å²) in [6.07, 6.45) is 0.893. The van der Waals surface area contributed by atoms with Gasteiger partial charge in [0.1, 0.15) is 28.9 Å². The van der Waals surface area contributed by atoms with E-state index in [1.54, 1.807) is 7.11 Å². The number of para-hydroxylation sites is 4. The Morgan fingerprint density at radius 2 is 0.797 bits per heavy atom. The van der Waals surface area contributed by atoms with Gasteiger partial charge in [-0.05, 0) is 145 Å². The van der Waals surface area contributed by atoms with Crippen LogP contribution in [-0.4, -0.2) is 26.2 Å². The zero-order chi connectivity index (χ0) is 39.7. The number of aryl methyl sites for hydroxylation is 1. The van der Waals surface area contributed by atoms with Gasteiger partial charge in [0.05, 0.1) is 29.2 Å². The summed E-state index contributed by atoms with van der Waals surface area (Å²) in [5.74, 6) is 4.15. The van der Waals surface area contributed by atoms with Gasteiger partial charge in [0.2, 0.25) is 0 Å². The van der Waals surface area contributed by atoms with Crippen LogP contribution in [0.2, 0.25) is 0 Å². The van der Waals surface area contributed by atoms with Crippen LogP contribution in [0.5, 0.6) is 17.2 Å². The van der Waals surface area contributed by atoms with Crippen LogP contribution < -0.4 is 9.47 Å². The molecule has 0 saturated heterocycles. The van der Waals surface area contributed by atoms with Crippen molar-refractivity contribution >= 4 is 22.1 Å². The molecule has 6 nitrogen and oxygen atoms in total. The summed E-state index contributed by atoms with van der Waals surface area (Å²) < 4.78 is 16.1. The lowest BCUT2D eigenvalue weighted by Gasteiger charge is -2.13. The molecule has 10 aromatic rings. The van der Waals surface area contributed by atoms with Crippen LogP contribution in [0.4, 0.5) is 0 Å². The van der Waals surface area contributed by atoms with Crippen molar-refractivity contribution in [3.8, 4) is 62.5 Å². The molecule has 0 N–H and O–H groups in total. The average Bonchev–Trinajstić information content (AvgIpc) is 3.88. The van der Waals surface area contributed by atoms with Crippen LogP contribution in [0.15, 0.2) is 194 Å². The number of benzene rings is 8. The molecule has 0 bridgehead atoms. The minimum absolute atomic E-state index is 0.774. The van der Waals surface area contributed by atoms with Crippen molar-refractivity contribution in [3.05, 3.63) is 211 Å². The van der Waals surface area contributed by atoms with Crippen molar-refractivity contribution in [1.29, 1.82) is 0 Å². The predicted octanol–water partition coefficient (Wildman–Crippen LogP) is 13.1. The second-order valence-electron chi connectivity index (χ2n) is 14.8. The molecule has 0 radical (unpaired) electrons. The highest BCUT2D eigenvalue weighted by Gasteiger charge is 2.17. The van der Waals surface area contributed by atoms with Gasteiger partial charge in [-0.15, -0.1) is 0 Å². The second-order valence-corrected chi connectivity index (χ2v) is 14.8. The third-order valence-corrected chi connectivity index (χ3v) is 10.9. The summed E-state index contributed by atoms with van der Waals surface area (Å²) >= 11 is 0. The molecule has 0 aliphatic heterocycles. The van der Waals surface area contributed by atoms with Crippen LogP contribution >= 0.6 is 0 Å². The van der Waals surface area contributed by atoms with Crippen molar-refractivity contribution in [2.45, 2.75) is 13.3 Å². The van der Waals surface area contributed by atoms with Gasteiger partial charge in [0, 0.05) is 22.5 Å². The zero-order valence-corrected chi connectivity index (χ0v) is 32.8. The van der Waals surface area contributed by atoms with E-state index in [2.05, 4.69) is 162 Å². The third kappa shape index (κ3) is 7.13. The molecule has 10 rings (SSSR count). The first-order valence-corrected chi connectivity index (χ1v) is 19.8. The lowest BCUT2D eigenvalue weighted by atomic mass is 10.0. The quantitative estimate of drug-likeness (QED) is 0.139. The van der Waals surface area contributed by atoms with E-state index >= 15 is 0 Å². The van der Waals surface area contributed by atoms with Gasteiger partial charge < -0.3 is 9.47 Å². The highest BCUT2D eigenvalue weighted by atomic mass is 16.5. The Hall–Kier alpha value is -7.70. The Kier molecular flexibility index (Phi) is 9.28. The fourth-order valence-corrected chi connectivity index (χ4v) is 7.73. The first kappa shape index (κ1) is 35.7. The van der Waals surface area contributed by atoms with E-state index in [1.165, 1.54) is 16.7 Å². The molecule has 0 aliphatic rings. The van der Waals surface area contributed by atoms with Gasteiger partial charge in [0.25, 0.3) is 0 Å². The number of methoxy groups -OCH3 is 1. The summed E-state index contributed by atoms with van der Waals surface area (Å²) in [6.45, 7) is 2.11. The van der Waals surface area contributed by atoms with Crippen molar-refractivity contribution < 1.29 is 9.47 Å². The van der Waals surface area contributed by atoms with E-state index in [0.29, 0.717) is 0 Å². The molecule has 284 valence electrons. The standard InChI is InChI=1S/C53H40N4O2/c1-36-11-13-37(14-12-36)35-38-15-29-46(30-16-38)59-47-33-23-42(24-34-47)53-55-49-8-4-6-10-51(49)57(53)44-27-19-40(20-28-44)39-17-25-43(26-18-39)56-50-9-5-3-7-48(50)54-52(56)41-21-31-45(58-2)32-22-41/h3-34H,35H2,1-2H3. The van der Waals surface area contributed by atoms with E-state index in [1.807, 2.05) is 48.5 Å². The number of aromatic nitrogens is 4. The first-order chi connectivity index (χ1) is 29.1. The zero-order valence-electron chi connectivity index (χ0n) is 32.8. The van der Waals surface area contributed by atoms with Gasteiger partial charge >= 0.3 is 0 Å². The van der Waals surface area contributed by atoms with Crippen LogP contribution in [0, 0.1) is 6.92 Å². The Labute approximate surface area is 343 Å². The molecule has 2 aromatic heterocycles. The summed E-state index contributed by atoms with van der Waals surface area (Å²) in [6, 6.07) is 67.2. The van der Waals surface area contributed by atoms with Gasteiger partial charge in [0.15, 0.2) is 0 Å². The van der Waals surface area contributed by atoms with Crippen molar-refractivity contribution in [2.75, 3.05) is 7.11 Å². The second kappa shape index (κ2) is 15.3. The third-order valence-electron chi connectivity index (χ3n) is 10.9. The monoisotopic (exact) mass is 764 g/mol. The highest BCUT2D eigenvalue weighted by molar-refractivity contribution is 5.85. The maximum Gasteiger partial charge on any atom is 0.145 e. The SMILES string of the molecule is COc1ccc(-c2nc3ccccc3n2-c2ccc(-c3ccc(-n4c(-c5ccc(Oc6ccc(Cc7ccc(C)cc7)cc6)cc5)nc5ccccc54)cc3)cc2)cc1. The molecule has 59 heavy (non-hydrogen) atoms. The van der Waals surface area contributed by atoms with Gasteiger partial charge in [-0.3, -0.25) is 9.13 Å².